The number of carbonyl (C=O) groups is 2. The van der Waals surface area contributed by atoms with Gasteiger partial charge in [0.1, 0.15) is 5.76 Å². The highest BCUT2D eigenvalue weighted by Gasteiger charge is 2.44. The lowest BCUT2D eigenvalue weighted by molar-refractivity contribution is -0.129. The fourth-order valence-corrected chi connectivity index (χ4v) is 4.68. The Morgan fingerprint density at radius 2 is 1.93 bits per heavy atom. The highest BCUT2D eigenvalue weighted by Crippen LogP contribution is 2.39. The van der Waals surface area contributed by atoms with Crippen LogP contribution in [0.15, 0.2) is 56.6 Å². The number of hydrogen-bond donors (Lipinski definition) is 1. The molecule has 2 aromatic rings. The molecule has 30 heavy (non-hydrogen) atoms. The third kappa shape index (κ3) is 4.09. The molecule has 4 rings (SSSR count). The van der Waals surface area contributed by atoms with Gasteiger partial charge in [-0.2, -0.15) is 0 Å². The number of likely N-dealkylation sites (tertiary alicyclic amines) is 1. The number of furan rings is 1. The summed E-state index contributed by atoms with van der Waals surface area (Å²) in [6, 6.07) is 10.1. The largest absolute Gasteiger partial charge is 0.503 e. The van der Waals surface area contributed by atoms with Crippen molar-refractivity contribution in [2.75, 3.05) is 26.2 Å². The van der Waals surface area contributed by atoms with Crippen molar-refractivity contribution in [3.05, 3.63) is 69.3 Å². The number of rotatable bonds is 6. The second-order valence-corrected chi connectivity index (χ2v) is 8.78. The minimum absolute atomic E-state index is 0.0751. The fourth-order valence-electron chi connectivity index (χ4n) is 4.26. The van der Waals surface area contributed by atoms with Crippen LogP contribution in [0.5, 0.6) is 0 Å². The molecule has 0 bridgehead atoms. The first-order valence-electron chi connectivity index (χ1n) is 10.3. The Bertz CT molecular complexity index is 991. The number of hydrogen-bond acceptors (Lipinski definition) is 5. The van der Waals surface area contributed by atoms with Crippen molar-refractivity contribution in [3.8, 4) is 0 Å². The van der Waals surface area contributed by atoms with Crippen molar-refractivity contribution in [1.82, 2.24) is 9.80 Å². The molecule has 3 heterocycles. The third-order valence-electron chi connectivity index (χ3n) is 5.78. The number of benzene rings is 1. The van der Waals surface area contributed by atoms with Gasteiger partial charge in [0.15, 0.2) is 11.5 Å². The Hall–Kier alpha value is -2.38. The van der Waals surface area contributed by atoms with Crippen LogP contribution in [0.1, 0.15) is 47.2 Å². The Morgan fingerprint density at radius 1 is 1.17 bits per heavy atom. The molecule has 0 radical (unpaired) electrons. The van der Waals surface area contributed by atoms with Crippen LogP contribution >= 0.6 is 15.9 Å². The first kappa shape index (κ1) is 20.9. The van der Waals surface area contributed by atoms with E-state index >= 15 is 0 Å². The van der Waals surface area contributed by atoms with Crippen LogP contribution in [0.4, 0.5) is 0 Å². The van der Waals surface area contributed by atoms with Crippen molar-refractivity contribution in [1.29, 1.82) is 0 Å². The molecule has 0 saturated carbocycles. The van der Waals surface area contributed by atoms with Crippen molar-refractivity contribution >= 4 is 27.6 Å². The highest BCUT2D eigenvalue weighted by atomic mass is 79.9. The predicted octanol–water partition coefficient (Wildman–Crippen LogP) is 4.41. The molecule has 1 unspecified atom stereocenters. The number of amides is 1. The van der Waals surface area contributed by atoms with Gasteiger partial charge in [-0.15, -0.1) is 0 Å². The van der Waals surface area contributed by atoms with Crippen LogP contribution in [0, 0.1) is 6.92 Å². The molecule has 2 aliphatic heterocycles. The van der Waals surface area contributed by atoms with E-state index in [0.717, 1.165) is 36.0 Å². The van der Waals surface area contributed by atoms with Gasteiger partial charge in [0.2, 0.25) is 5.78 Å². The summed E-state index contributed by atoms with van der Waals surface area (Å²) < 4.78 is 6.34. The number of Topliss-reactive ketones (excluding diaryl/α,β-unsaturated/α-hetero) is 1. The van der Waals surface area contributed by atoms with Crippen LogP contribution < -0.4 is 0 Å². The second-order valence-electron chi connectivity index (χ2n) is 7.86. The van der Waals surface area contributed by atoms with Gasteiger partial charge in [-0.1, -0.05) is 34.5 Å². The molecule has 1 aromatic heterocycles. The standard InChI is InChI=1S/C23H25BrN2O4/c1-15-8-9-18(30-15)21(27)19-20(16-6-5-7-17(24)14-16)26(23(29)22(19)28)13-12-25-10-3-2-4-11-25/h5-9,14,20,28H,2-4,10-13H2,1H3. The Labute approximate surface area is 184 Å². The van der Waals surface area contributed by atoms with E-state index in [2.05, 4.69) is 20.8 Å². The van der Waals surface area contributed by atoms with E-state index in [1.807, 2.05) is 24.3 Å². The lowest BCUT2D eigenvalue weighted by atomic mass is 9.95. The molecule has 0 spiro atoms. The molecular formula is C23H25BrN2O4. The Balaban J connectivity index is 1.68. The SMILES string of the molecule is Cc1ccc(C(=O)C2=C(O)C(=O)N(CCN3CCCCC3)C2c2cccc(Br)c2)o1. The molecule has 6 nitrogen and oxygen atoms in total. The maximum absolute atomic E-state index is 13.2. The zero-order chi connectivity index (χ0) is 21.3. The van der Waals surface area contributed by atoms with Crippen molar-refractivity contribution < 1.29 is 19.1 Å². The van der Waals surface area contributed by atoms with Crippen LogP contribution in [0.3, 0.4) is 0 Å². The van der Waals surface area contributed by atoms with Crippen molar-refractivity contribution in [2.24, 2.45) is 0 Å². The Morgan fingerprint density at radius 3 is 2.60 bits per heavy atom. The Kier molecular flexibility index (Phi) is 6.11. The molecule has 7 heteroatoms. The van der Waals surface area contributed by atoms with Gasteiger partial charge in [-0.05, 0) is 62.7 Å². The maximum atomic E-state index is 13.2. The highest BCUT2D eigenvalue weighted by molar-refractivity contribution is 9.10. The van der Waals surface area contributed by atoms with E-state index < -0.39 is 23.5 Å². The summed E-state index contributed by atoms with van der Waals surface area (Å²) in [4.78, 5) is 30.2. The molecule has 2 aliphatic rings. The summed E-state index contributed by atoms with van der Waals surface area (Å²) in [6.45, 7) is 4.93. The van der Waals surface area contributed by atoms with Gasteiger partial charge in [-0.25, -0.2) is 0 Å². The molecule has 158 valence electrons. The second kappa shape index (κ2) is 8.78. The number of aliphatic hydroxyl groups excluding tert-OH is 1. The van der Waals surface area contributed by atoms with E-state index in [9.17, 15) is 14.7 Å². The van der Waals surface area contributed by atoms with Gasteiger partial charge in [0, 0.05) is 17.6 Å². The lowest BCUT2D eigenvalue weighted by Crippen LogP contribution is -2.40. The van der Waals surface area contributed by atoms with Gasteiger partial charge in [0.05, 0.1) is 11.6 Å². The minimum atomic E-state index is -0.655. The number of ketones is 1. The lowest BCUT2D eigenvalue weighted by Gasteiger charge is -2.31. The monoisotopic (exact) mass is 472 g/mol. The molecule has 1 saturated heterocycles. The summed E-state index contributed by atoms with van der Waals surface area (Å²) in [7, 11) is 0. The van der Waals surface area contributed by atoms with E-state index in [-0.39, 0.29) is 11.3 Å². The molecule has 1 atom stereocenters. The predicted molar refractivity (Wildman–Crippen MR) is 116 cm³/mol. The van der Waals surface area contributed by atoms with Crippen LogP contribution in [-0.2, 0) is 4.79 Å². The zero-order valence-corrected chi connectivity index (χ0v) is 18.5. The smallest absolute Gasteiger partial charge is 0.290 e. The first-order chi connectivity index (χ1) is 14.5. The molecule has 1 aromatic carbocycles. The normalized spacial score (nSPS) is 20.3. The average molecular weight is 473 g/mol. The molecule has 1 amide bonds. The number of piperidine rings is 1. The number of aryl methyl sites for hydroxylation is 1. The third-order valence-corrected chi connectivity index (χ3v) is 6.28. The van der Waals surface area contributed by atoms with Gasteiger partial charge in [-0.3, -0.25) is 9.59 Å². The van der Waals surface area contributed by atoms with Crippen LogP contribution in [0.25, 0.3) is 0 Å². The van der Waals surface area contributed by atoms with E-state index in [1.165, 1.54) is 6.42 Å². The summed E-state index contributed by atoms with van der Waals surface area (Å²) in [6.07, 6.45) is 3.56. The number of carbonyl (C=O) groups excluding carboxylic acids is 2. The van der Waals surface area contributed by atoms with Gasteiger partial charge < -0.3 is 19.3 Å². The minimum Gasteiger partial charge on any atom is -0.503 e. The topological polar surface area (TPSA) is 74.0 Å². The first-order valence-corrected chi connectivity index (χ1v) is 11.1. The number of halogens is 1. The van der Waals surface area contributed by atoms with E-state index in [4.69, 9.17) is 4.42 Å². The van der Waals surface area contributed by atoms with Crippen LogP contribution in [-0.4, -0.2) is 52.8 Å². The molecule has 0 aliphatic carbocycles. The summed E-state index contributed by atoms with van der Waals surface area (Å²) in [5.41, 5.74) is 0.846. The molecule has 1 fully saturated rings. The van der Waals surface area contributed by atoms with Crippen molar-refractivity contribution in [2.45, 2.75) is 32.2 Å². The van der Waals surface area contributed by atoms with Gasteiger partial charge >= 0.3 is 0 Å². The average Bonchev–Trinajstić information content (AvgIpc) is 3.28. The fraction of sp³-hybridized carbons (Fsp3) is 0.391. The van der Waals surface area contributed by atoms with E-state index in [0.29, 0.717) is 18.8 Å². The van der Waals surface area contributed by atoms with Crippen LogP contribution in [0.2, 0.25) is 0 Å². The maximum Gasteiger partial charge on any atom is 0.290 e. The van der Waals surface area contributed by atoms with Gasteiger partial charge in [0.25, 0.3) is 5.91 Å². The number of aliphatic hydroxyl groups is 1. The quantitative estimate of drug-likeness (QED) is 0.630. The molecule has 1 N–H and O–H groups in total. The summed E-state index contributed by atoms with van der Waals surface area (Å²) in [5, 5.41) is 10.7. The van der Waals surface area contributed by atoms with Crippen molar-refractivity contribution in [3.63, 3.8) is 0 Å². The summed E-state index contributed by atoms with van der Waals surface area (Å²) in [5.74, 6) is -0.732. The summed E-state index contributed by atoms with van der Waals surface area (Å²) >= 11 is 3.47. The number of nitrogens with zero attached hydrogens (tertiary/aromatic N) is 2. The zero-order valence-electron chi connectivity index (χ0n) is 16.9. The van der Waals surface area contributed by atoms with E-state index in [1.54, 1.807) is 24.0 Å². The molecular weight excluding hydrogens is 448 g/mol.